The molecule has 0 saturated carbocycles. The van der Waals surface area contributed by atoms with E-state index in [1.165, 1.54) is 6.07 Å². The van der Waals surface area contributed by atoms with Crippen molar-refractivity contribution in [2.24, 2.45) is 0 Å². The molecule has 0 saturated heterocycles. The van der Waals surface area contributed by atoms with Crippen LogP contribution in [0.4, 0.5) is 4.39 Å². The summed E-state index contributed by atoms with van der Waals surface area (Å²) in [7, 11) is 1.83. The van der Waals surface area contributed by atoms with Crippen LogP contribution in [0, 0.1) is 5.82 Å². The van der Waals surface area contributed by atoms with Crippen molar-refractivity contribution in [3.63, 3.8) is 0 Å². The van der Waals surface area contributed by atoms with Gasteiger partial charge in [0.15, 0.2) is 0 Å². The third-order valence-electron chi connectivity index (χ3n) is 3.52. The molecule has 0 aliphatic rings. The Bertz CT molecular complexity index is 789. The van der Waals surface area contributed by atoms with E-state index in [4.69, 9.17) is 0 Å². The molecule has 1 unspecified atom stereocenters. The first kappa shape index (κ1) is 14.2. The highest BCUT2D eigenvalue weighted by atomic mass is 79.9. The maximum Gasteiger partial charge on any atom is 0.129 e. The van der Waals surface area contributed by atoms with Gasteiger partial charge in [-0.2, -0.15) is 0 Å². The maximum absolute atomic E-state index is 14.2. The number of nitrogens with zero attached hydrogens (tertiary/aromatic N) is 1. The van der Waals surface area contributed by atoms with Gasteiger partial charge in [0.1, 0.15) is 5.82 Å². The van der Waals surface area contributed by atoms with E-state index in [9.17, 15) is 4.39 Å². The average molecular weight is 345 g/mol. The third-order valence-corrected chi connectivity index (χ3v) is 4.02. The first-order chi connectivity index (χ1) is 10.2. The van der Waals surface area contributed by atoms with Crippen LogP contribution in [-0.2, 0) is 0 Å². The Balaban J connectivity index is 2.09. The molecule has 1 N–H and O–H groups in total. The third kappa shape index (κ3) is 2.82. The fourth-order valence-corrected chi connectivity index (χ4v) is 2.84. The summed E-state index contributed by atoms with van der Waals surface area (Å²) in [6, 6.07) is 14.9. The minimum Gasteiger partial charge on any atom is -0.309 e. The van der Waals surface area contributed by atoms with Gasteiger partial charge in [0.05, 0.1) is 11.6 Å². The van der Waals surface area contributed by atoms with Crippen LogP contribution in [-0.4, -0.2) is 12.0 Å². The van der Waals surface area contributed by atoms with Crippen LogP contribution in [0.3, 0.4) is 0 Å². The number of nitrogens with one attached hydrogen (secondary N) is 1. The van der Waals surface area contributed by atoms with Gasteiger partial charge in [0, 0.05) is 21.6 Å². The molecule has 0 radical (unpaired) electrons. The number of rotatable bonds is 3. The number of hydrogen-bond donors (Lipinski definition) is 1. The second kappa shape index (κ2) is 5.92. The predicted molar refractivity (Wildman–Crippen MR) is 86.7 cm³/mol. The lowest BCUT2D eigenvalue weighted by Crippen LogP contribution is -2.19. The highest BCUT2D eigenvalue weighted by Crippen LogP contribution is 2.28. The van der Waals surface area contributed by atoms with Crippen LogP contribution in [0.5, 0.6) is 0 Å². The summed E-state index contributed by atoms with van der Waals surface area (Å²) < 4.78 is 14.9. The zero-order valence-corrected chi connectivity index (χ0v) is 13.1. The van der Waals surface area contributed by atoms with Crippen LogP contribution < -0.4 is 5.32 Å². The van der Waals surface area contributed by atoms with E-state index in [1.807, 2.05) is 43.4 Å². The van der Waals surface area contributed by atoms with Crippen molar-refractivity contribution in [2.75, 3.05) is 7.05 Å². The van der Waals surface area contributed by atoms with Crippen molar-refractivity contribution in [3.05, 3.63) is 76.1 Å². The van der Waals surface area contributed by atoms with Crippen molar-refractivity contribution >= 4 is 26.8 Å². The average Bonchev–Trinajstić information content (AvgIpc) is 2.50. The second-order valence-corrected chi connectivity index (χ2v) is 5.76. The highest BCUT2D eigenvalue weighted by molar-refractivity contribution is 9.10. The summed E-state index contributed by atoms with van der Waals surface area (Å²) in [5.74, 6) is -0.227. The van der Waals surface area contributed by atoms with E-state index in [0.29, 0.717) is 5.56 Å². The zero-order chi connectivity index (χ0) is 14.8. The van der Waals surface area contributed by atoms with Gasteiger partial charge < -0.3 is 5.32 Å². The molecule has 1 aromatic heterocycles. The first-order valence-corrected chi connectivity index (χ1v) is 7.45. The summed E-state index contributed by atoms with van der Waals surface area (Å²) in [5, 5.41) is 4.23. The molecule has 0 aliphatic heterocycles. The molecule has 0 amide bonds. The van der Waals surface area contributed by atoms with E-state index in [-0.39, 0.29) is 11.9 Å². The zero-order valence-electron chi connectivity index (χ0n) is 11.5. The van der Waals surface area contributed by atoms with Gasteiger partial charge in [0.25, 0.3) is 0 Å². The van der Waals surface area contributed by atoms with E-state index in [1.54, 1.807) is 12.3 Å². The molecule has 0 aliphatic carbocycles. The summed E-state index contributed by atoms with van der Waals surface area (Å²) in [4.78, 5) is 4.31. The Morgan fingerprint density at radius 3 is 2.76 bits per heavy atom. The second-order valence-electron chi connectivity index (χ2n) is 4.84. The fraction of sp³-hybridized carbons (Fsp3) is 0.118. The Morgan fingerprint density at radius 1 is 1.14 bits per heavy atom. The van der Waals surface area contributed by atoms with Crippen LogP contribution >= 0.6 is 15.9 Å². The van der Waals surface area contributed by atoms with Crippen molar-refractivity contribution in [2.45, 2.75) is 6.04 Å². The smallest absolute Gasteiger partial charge is 0.129 e. The van der Waals surface area contributed by atoms with E-state index in [0.717, 1.165) is 20.9 Å². The molecule has 3 aromatic rings. The predicted octanol–water partition coefficient (Wildman–Crippen LogP) is 4.45. The minimum absolute atomic E-state index is 0.192. The molecule has 2 nitrogen and oxygen atoms in total. The molecule has 1 atom stereocenters. The lowest BCUT2D eigenvalue weighted by atomic mass is 9.97. The normalized spacial score (nSPS) is 12.5. The van der Waals surface area contributed by atoms with E-state index < -0.39 is 0 Å². The summed E-state index contributed by atoms with van der Waals surface area (Å²) in [5.41, 5.74) is 2.58. The number of aromatic nitrogens is 1. The van der Waals surface area contributed by atoms with Crippen LogP contribution in [0.1, 0.15) is 17.2 Å². The highest BCUT2D eigenvalue weighted by Gasteiger charge is 2.16. The largest absolute Gasteiger partial charge is 0.309 e. The standard InChI is InChI=1S/C17H14BrFN2/c1-20-17(14-6-5-13(18)10-15(14)19)12-4-7-16-11(9-12)3-2-8-21-16/h2-10,17,20H,1H3. The first-order valence-electron chi connectivity index (χ1n) is 6.66. The van der Waals surface area contributed by atoms with Crippen molar-refractivity contribution in [1.82, 2.24) is 10.3 Å². The van der Waals surface area contributed by atoms with Gasteiger partial charge in [-0.1, -0.05) is 34.1 Å². The SMILES string of the molecule is CNC(c1ccc2ncccc2c1)c1ccc(Br)cc1F. The van der Waals surface area contributed by atoms with Gasteiger partial charge in [-0.3, -0.25) is 4.98 Å². The number of halogens is 2. The van der Waals surface area contributed by atoms with Gasteiger partial charge in [-0.25, -0.2) is 4.39 Å². The van der Waals surface area contributed by atoms with Gasteiger partial charge >= 0.3 is 0 Å². The Labute approximate surface area is 131 Å². The monoisotopic (exact) mass is 344 g/mol. The molecule has 106 valence electrons. The number of pyridine rings is 1. The summed E-state index contributed by atoms with van der Waals surface area (Å²) in [6.45, 7) is 0. The molecule has 21 heavy (non-hydrogen) atoms. The van der Waals surface area contributed by atoms with Gasteiger partial charge in [-0.05, 0) is 42.9 Å². The molecule has 3 rings (SSSR count). The molecule has 0 bridgehead atoms. The van der Waals surface area contributed by atoms with Crippen molar-refractivity contribution in [3.8, 4) is 0 Å². The number of fused-ring (bicyclic) bond motifs is 1. The summed E-state index contributed by atoms with van der Waals surface area (Å²) >= 11 is 3.29. The maximum atomic E-state index is 14.2. The summed E-state index contributed by atoms with van der Waals surface area (Å²) in [6.07, 6.45) is 1.77. The molecular weight excluding hydrogens is 331 g/mol. The van der Waals surface area contributed by atoms with Crippen LogP contribution in [0.15, 0.2) is 59.2 Å². The molecular formula is C17H14BrFN2. The van der Waals surface area contributed by atoms with Gasteiger partial charge in [0.2, 0.25) is 0 Å². The Morgan fingerprint density at radius 2 is 2.00 bits per heavy atom. The lowest BCUT2D eigenvalue weighted by Gasteiger charge is -2.18. The van der Waals surface area contributed by atoms with Gasteiger partial charge in [-0.15, -0.1) is 0 Å². The molecule has 1 heterocycles. The molecule has 0 spiro atoms. The van der Waals surface area contributed by atoms with E-state index >= 15 is 0 Å². The Kier molecular flexibility index (Phi) is 3.99. The number of hydrogen-bond acceptors (Lipinski definition) is 2. The van der Waals surface area contributed by atoms with Crippen LogP contribution in [0.25, 0.3) is 10.9 Å². The van der Waals surface area contributed by atoms with Crippen molar-refractivity contribution < 1.29 is 4.39 Å². The molecule has 4 heteroatoms. The number of benzene rings is 2. The molecule has 2 aromatic carbocycles. The topological polar surface area (TPSA) is 24.9 Å². The fourth-order valence-electron chi connectivity index (χ4n) is 2.51. The molecule has 0 fully saturated rings. The van der Waals surface area contributed by atoms with Crippen LogP contribution in [0.2, 0.25) is 0 Å². The quantitative estimate of drug-likeness (QED) is 0.759. The van der Waals surface area contributed by atoms with E-state index in [2.05, 4.69) is 26.2 Å². The minimum atomic E-state index is -0.227. The lowest BCUT2D eigenvalue weighted by molar-refractivity contribution is 0.575. The Hall–Kier alpha value is -1.78. The van der Waals surface area contributed by atoms with Crippen molar-refractivity contribution in [1.29, 1.82) is 0 Å².